The Morgan fingerprint density at radius 3 is 2.68 bits per heavy atom. The number of aromatic amines is 1. The number of hydrogen-bond acceptors (Lipinski definition) is 7. The van der Waals surface area contributed by atoms with E-state index in [1.807, 2.05) is 18.2 Å². The molecule has 1 aliphatic heterocycles. The van der Waals surface area contributed by atoms with Gasteiger partial charge in [-0.25, -0.2) is 4.79 Å². The highest BCUT2D eigenvalue weighted by Gasteiger charge is 2.43. The van der Waals surface area contributed by atoms with Crippen LogP contribution in [0.4, 0.5) is 0 Å². The maximum atomic E-state index is 12.0. The van der Waals surface area contributed by atoms with Crippen LogP contribution in [-0.4, -0.2) is 44.6 Å². The van der Waals surface area contributed by atoms with Crippen LogP contribution in [-0.2, 0) is 11.3 Å². The molecule has 2 aromatic carbocycles. The van der Waals surface area contributed by atoms with Gasteiger partial charge in [-0.15, -0.1) is 11.3 Å². The first-order chi connectivity index (χ1) is 15.0. The second-order valence-corrected chi connectivity index (χ2v) is 8.64. The average Bonchev–Trinajstić information content (AvgIpc) is 3.27. The smallest absolute Gasteiger partial charge is 0.330 e. The first kappa shape index (κ1) is 20.1. The molecule has 0 unspecified atom stereocenters. The highest BCUT2D eigenvalue weighted by Crippen LogP contribution is 2.35. The number of ether oxygens (including phenoxy) is 1. The number of aliphatic hydroxyl groups is 2. The van der Waals surface area contributed by atoms with E-state index in [9.17, 15) is 19.8 Å². The molecule has 1 aliphatic rings. The van der Waals surface area contributed by atoms with Gasteiger partial charge in [0.2, 0.25) is 0 Å². The van der Waals surface area contributed by atoms with Gasteiger partial charge in [0.1, 0.15) is 18.3 Å². The quantitative estimate of drug-likeness (QED) is 0.373. The van der Waals surface area contributed by atoms with Crippen LogP contribution in [0.25, 0.3) is 20.2 Å². The Bertz CT molecular complexity index is 1360. The standard InChI is InChI=1S/C22H21N3O5S/c26-17-8-9-25(22(29)24-17)21-19(28)18(27)15(30-21)11-23-10-12-4-3-6-14-13-5-1-2-7-16(13)31-20(12)14/h1-9,15,18-19,21,23,27-28H,10-11H2,(H,24,26,29)/t15-,18-,19-,21-/m1/s1. The Hall–Kier alpha value is -2.82. The molecule has 0 bridgehead atoms. The van der Waals surface area contributed by atoms with E-state index in [-0.39, 0.29) is 6.54 Å². The Kier molecular flexibility index (Phi) is 5.20. The lowest BCUT2D eigenvalue weighted by Gasteiger charge is -2.16. The third-order valence-electron chi connectivity index (χ3n) is 5.61. The van der Waals surface area contributed by atoms with E-state index in [0.29, 0.717) is 6.54 Å². The van der Waals surface area contributed by atoms with E-state index in [2.05, 4.69) is 34.6 Å². The number of nitrogens with zero attached hydrogens (tertiary/aromatic N) is 1. The summed E-state index contributed by atoms with van der Waals surface area (Å²) in [5, 5.41) is 26.5. The molecule has 9 heteroatoms. The van der Waals surface area contributed by atoms with Crippen LogP contribution in [0.5, 0.6) is 0 Å². The third kappa shape index (κ3) is 3.60. The zero-order chi connectivity index (χ0) is 21.5. The van der Waals surface area contributed by atoms with E-state index in [1.165, 1.54) is 32.4 Å². The van der Waals surface area contributed by atoms with E-state index in [0.717, 1.165) is 10.1 Å². The molecule has 0 amide bonds. The molecule has 4 aromatic rings. The first-order valence-corrected chi connectivity index (χ1v) is 10.8. The zero-order valence-electron chi connectivity index (χ0n) is 16.4. The molecule has 4 N–H and O–H groups in total. The lowest BCUT2D eigenvalue weighted by atomic mass is 10.1. The van der Waals surface area contributed by atoms with Crippen molar-refractivity contribution in [2.24, 2.45) is 0 Å². The summed E-state index contributed by atoms with van der Waals surface area (Å²) in [7, 11) is 0. The van der Waals surface area contributed by atoms with Crippen molar-refractivity contribution in [1.29, 1.82) is 0 Å². The predicted octanol–water partition coefficient (Wildman–Crippen LogP) is 1.31. The molecule has 0 aliphatic carbocycles. The summed E-state index contributed by atoms with van der Waals surface area (Å²) in [6, 6.07) is 15.7. The molecule has 4 atom stereocenters. The third-order valence-corrected chi connectivity index (χ3v) is 6.87. The van der Waals surface area contributed by atoms with E-state index in [4.69, 9.17) is 4.74 Å². The fourth-order valence-electron chi connectivity index (χ4n) is 4.05. The van der Waals surface area contributed by atoms with Gasteiger partial charge in [-0.1, -0.05) is 36.4 Å². The highest BCUT2D eigenvalue weighted by atomic mass is 32.1. The molecular weight excluding hydrogens is 418 g/mol. The molecule has 2 aromatic heterocycles. The number of H-pyrrole nitrogens is 1. The summed E-state index contributed by atoms with van der Waals surface area (Å²) in [5.74, 6) is 0. The number of fused-ring (bicyclic) bond motifs is 3. The summed E-state index contributed by atoms with van der Waals surface area (Å²) >= 11 is 1.74. The van der Waals surface area contributed by atoms with Crippen molar-refractivity contribution in [3.05, 3.63) is 81.1 Å². The molecule has 1 fully saturated rings. The Labute approximate surface area is 180 Å². The topological polar surface area (TPSA) is 117 Å². The Morgan fingerprint density at radius 1 is 1.03 bits per heavy atom. The minimum absolute atomic E-state index is 0.286. The van der Waals surface area contributed by atoms with Crippen molar-refractivity contribution in [2.75, 3.05) is 6.54 Å². The van der Waals surface area contributed by atoms with Gasteiger partial charge >= 0.3 is 5.69 Å². The minimum atomic E-state index is -1.29. The van der Waals surface area contributed by atoms with Crippen LogP contribution in [0.3, 0.4) is 0 Å². The number of hydrogen-bond donors (Lipinski definition) is 4. The summed E-state index contributed by atoms with van der Waals surface area (Å²) in [6.45, 7) is 0.851. The monoisotopic (exact) mass is 439 g/mol. The number of aliphatic hydroxyl groups excluding tert-OH is 2. The van der Waals surface area contributed by atoms with Crippen molar-refractivity contribution in [3.8, 4) is 0 Å². The lowest BCUT2D eigenvalue weighted by molar-refractivity contribution is -0.0392. The van der Waals surface area contributed by atoms with Crippen molar-refractivity contribution < 1.29 is 14.9 Å². The van der Waals surface area contributed by atoms with Crippen LogP contribution in [0.1, 0.15) is 11.8 Å². The summed E-state index contributed by atoms with van der Waals surface area (Å²) < 4.78 is 9.27. The molecule has 0 radical (unpaired) electrons. The van der Waals surface area contributed by atoms with Gasteiger partial charge < -0.3 is 20.3 Å². The first-order valence-electron chi connectivity index (χ1n) is 9.96. The van der Waals surface area contributed by atoms with Crippen LogP contribution in [0.2, 0.25) is 0 Å². The van der Waals surface area contributed by atoms with Crippen molar-refractivity contribution in [1.82, 2.24) is 14.9 Å². The number of benzene rings is 2. The second-order valence-electron chi connectivity index (χ2n) is 7.59. The van der Waals surface area contributed by atoms with Gasteiger partial charge in [0.15, 0.2) is 6.23 Å². The van der Waals surface area contributed by atoms with Crippen LogP contribution < -0.4 is 16.6 Å². The maximum absolute atomic E-state index is 12.0. The fourth-order valence-corrected chi connectivity index (χ4v) is 5.26. The molecular formula is C22H21N3O5S. The van der Waals surface area contributed by atoms with E-state index in [1.54, 1.807) is 11.3 Å². The van der Waals surface area contributed by atoms with Gasteiger partial charge in [-0.3, -0.25) is 14.3 Å². The fraction of sp³-hybridized carbons (Fsp3) is 0.273. The average molecular weight is 439 g/mol. The van der Waals surface area contributed by atoms with Gasteiger partial charge in [-0.05, 0) is 11.6 Å². The summed E-state index contributed by atoms with van der Waals surface area (Å²) in [4.78, 5) is 25.4. The predicted molar refractivity (Wildman–Crippen MR) is 118 cm³/mol. The van der Waals surface area contributed by atoms with Gasteiger partial charge in [0.05, 0.1) is 0 Å². The molecule has 31 heavy (non-hydrogen) atoms. The molecule has 8 nitrogen and oxygen atoms in total. The molecule has 0 spiro atoms. The number of thiophene rings is 1. The largest absolute Gasteiger partial charge is 0.387 e. The maximum Gasteiger partial charge on any atom is 0.330 e. The molecule has 1 saturated heterocycles. The molecule has 160 valence electrons. The van der Waals surface area contributed by atoms with Gasteiger partial charge in [0, 0.05) is 45.5 Å². The highest BCUT2D eigenvalue weighted by molar-refractivity contribution is 7.26. The minimum Gasteiger partial charge on any atom is -0.387 e. The van der Waals surface area contributed by atoms with E-state index < -0.39 is 35.8 Å². The lowest BCUT2D eigenvalue weighted by Crippen LogP contribution is -2.38. The van der Waals surface area contributed by atoms with Crippen LogP contribution in [0, 0.1) is 0 Å². The van der Waals surface area contributed by atoms with Crippen LogP contribution >= 0.6 is 11.3 Å². The van der Waals surface area contributed by atoms with Crippen molar-refractivity contribution >= 4 is 31.5 Å². The van der Waals surface area contributed by atoms with Crippen LogP contribution in [0.15, 0.2) is 64.3 Å². The van der Waals surface area contributed by atoms with Gasteiger partial charge in [0.25, 0.3) is 5.56 Å². The van der Waals surface area contributed by atoms with Gasteiger partial charge in [-0.2, -0.15) is 0 Å². The number of aromatic nitrogens is 2. The zero-order valence-corrected chi connectivity index (χ0v) is 17.2. The van der Waals surface area contributed by atoms with Crippen molar-refractivity contribution in [3.63, 3.8) is 0 Å². The Morgan fingerprint density at radius 2 is 1.84 bits per heavy atom. The molecule has 0 saturated carbocycles. The molecule has 3 heterocycles. The summed E-state index contributed by atoms with van der Waals surface area (Å²) in [6.07, 6.45) is -2.99. The number of nitrogens with one attached hydrogen (secondary N) is 2. The SMILES string of the molecule is O=c1ccn([C@@H]2O[C@H](CNCc3cccc4c3sc3ccccc34)[C@@H](O)[C@H]2O)c(=O)[nH]1. The molecule has 5 rings (SSSR count). The van der Waals surface area contributed by atoms with Crippen molar-refractivity contribution in [2.45, 2.75) is 31.1 Å². The second kappa shape index (κ2) is 8.03. The van der Waals surface area contributed by atoms with E-state index >= 15 is 0 Å². The summed E-state index contributed by atoms with van der Waals surface area (Å²) in [5.41, 5.74) is -0.100. The Balaban J connectivity index is 1.30. The number of rotatable bonds is 5. The normalized spacial score (nSPS) is 23.7.